The molecular weight excluding hydrogens is 218 g/mol. The molecule has 16 heavy (non-hydrogen) atoms. The van der Waals surface area contributed by atoms with Crippen molar-refractivity contribution in [3.8, 4) is 0 Å². The summed E-state index contributed by atoms with van der Waals surface area (Å²) < 4.78 is 0. The summed E-state index contributed by atoms with van der Waals surface area (Å²) in [6.45, 7) is 1.08. The maximum Gasteiger partial charge on any atom is 0.164 e. The summed E-state index contributed by atoms with van der Waals surface area (Å²) in [6.07, 6.45) is -6.69. The highest BCUT2D eigenvalue weighted by molar-refractivity contribution is 5.83. The van der Waals surface area contributed by atoms with Crippen molar-refractivity contribution in [2.75, 3.05) is 6.54 Å². The number of carbonyl (C=O) groups excluding carboxylic acids is 1. The molecular formula is C8H15N3O5. The van der Waals surface area contributed by atoms with Gasteiger partial charge in [0.25, 0.3) is 0 Å². The summed E-state index contributed by atoms with van der Waals surface area (Å²) in [7, 11) is 0. The maximum absolute atomic E-state index is 11.2. The molecule has 0 aliphatic rings. The first-order valence-electron chi connectivity index (χ1n) is 4.67. The third kappa shape index (κ3) is 4.56. The Hall–Kier alpha value is -1.18. The van der Waals surface area contributed by atoms with Crippen molar-refractivity contribution in [2.24, 2.45) is 5.11 Å². The predicted molar refractivity (Wildman–Crippen MR) is 53.3 cm³/mol. The molecule has 0 unspecified atom stereocenters. The van der Waals surface area contributed by atoms with Crippen LogP contribution in [0.4, 0.5) is 0 Å². The molecule has 0 fully saturated rings. The summed E-state index contributed by atoms with van der Waals surface area (Å²) in [4.78, 5) is 13.6. The molecule has 0 aliphatic carbocycles. The second-order valence-electron chi connectivity index (χ2n) is 3.34. The van der Waals surface area contributed by atoms with E-state index in [1.54, 1.807) is 0 Å². The van der Waals surface area contributed by atoms with Crippen molar-refractivity contribution in [2.45, 2.75) is 37.8 Å². The van der Waals surface area contributed by atoms with Crippen molar-refractivity contribution >= 4 is 5.78 Å². The van der Waals surface area contributed by atoms with Gasteiger partial charge in [-0.25, -0.2) is 0 Å². The normalized spacial score (nSPS) is 18.1. The van der Waals surface area contributed by atoms with Crippen LogP contribution in [0.5, 0.6) is 0 Å². The summed E-state index contributed by atoms with van der Waals surface area (Å²) in [6, 6.07) is 0. The minimum absolute atomic E-state index is 0.135. The molecule has 0 bridgehead atoms. The van der Waals surface area contributed by atoms with Gasteiger partial charge in [0.1, 0.15) is 18.3 Å². The molecule has 0 rings (SSSR count). The van der Waals surface area contributed by atoms with E-state index >= 15 is 0 Å². The minimum atomic E-state index is -1.81. The van der Waals surface area contributed by atoms with E-state index in [9.17, 15) is 20.1 Å². The Morgan fingerprint density at radius 3 is 2.31 bits per heavy atom. The van der Waals surface area contributed by atoms with Crippen LogP contribution in [0.2, 0.25) is 0 Å². The van der Waals surface area contributed by atoms with E-state index in [0.29, 0.717) is 0 Å². The highest BCUT2D eigenvalue weighted by atomic mass is 16.4. The zero-order chi connectivity index (χ0) is 12.7. The fourth-order valence-corrected chi connectivity index (χ4v) is 1.02. The van der Waals surface area contributed by atoms with E-state index < -0.39 is 30.2 Å². The molecule has 4 N–H and O–H groups in total. The number of aliphatic hydroxyl groups excluding tert-OH is 4. The van der Waals surface area contributed by atoms with Crippen LogP contribution in [-0.2, 0) is 4.79 Å². The fraction of sp³-hybridized carbons (Fsp3) is 0.875. The van der Waals surface area contributed by atoms with Crippen LogP contribution in [0.1, 0.15) is 13.3 Å². The first-order valence-corrected chi connectivity index (χ1v) is 4.67. The highest BCUT2D eigenvalue weighted by Crippen LogP contribution is 2.07. The average molecular weight is 233 g/mol. The van der Waals surface area contributed by atoms with E-state index in [0.717, 1.165) is 0 Å². The molecule has 8 nitrogen and oxygen atoms in total. The third-order valence-electron chi connectivity index (χ3n) is 2.02. The third-order valence-corrected chi connectivity index (χ3v) is 2.02. The van der Waals surface area contributed by atoms with Gasteiger partial charge < -0.3 is 20.4 Å². The number of nitrogens with zero attached hydrogens (tertiary/aromatic N) is 3. The molecule has 0 aliphatic heterocycles. The molecule has 92 valence electrons. The van der Waals surface area contributed by atoms with E-state index in [-0.39, 0.29) is 13.0 Å². The van der Waals surface area contributed by atoms with Crippen LogP contribution in [0.15, 0.2) is 5.11 Å². The van der Waals surface area contributed by atoms with Crippen molar-refractivity contribution in [3.05, 3.63) is 10.4 Å². The Bertz CT molecular complexity index is 277. The summed E-state index contributed by atoms with van der Waals surface area (Å²) in [5.41, 5.74) is 7.95. The lowest BCUT2D eigenvalue weighted by Gasteiger charge is -2.23. The van der Waals surface area contributed by atoms with Gasteiger partial charge in [-0.1, -0.05) is 5.11 Å². The molecule has 0 saturated carbocycles. The van der Waals surface area contributed by atoms with Crippen LogP contribution in [0.25, 0.3) is 10.4 Å². The van der Waals surface area contributed by atoms with Gasteiger partial charge in [-0.05, 0) is 12.5 Å². The monoisotopic (exact) mass is 233 g/mol. The van der Waals surface area contributed by atoms with E-state index in [1.807, 2.05) is 0 Å². The first-order chi connectivity index (χ1) is 7.41. The number of hydrogen-bond donors (Lipinski definition) is 4. The second-order valence-corrected chi connectivity index (χ2v) is 3.34. The lowest BCUT2D eigenvalue weighted by molar-refractivity contribution is -0.143. The van der Waals surface area contributed by atoms with Crippen LogP contribution >= 0.6 is 0 Å². The number of ketones is 1. The number of aliphatic hydroxyl groups is 4. The SMILES string of the molecule is C[C@H](O)[C@@H](O)[C@@H](O)[C@H](O)C(=O)CCN=[N+]=[N-]. The van der Waals surface area contributed by atoms with Crippen molar-refractivity contribution < 1.29 is 25.2 Å². The second kappa shape index (κ2) is 7.15. The van der Waals surface area contributed by atoms with Crippen LogP contribution in [-0.4, -0.2) is 57.2 Å². The zero-order valence-electron chi connectivity index (χ0n) is 8.76. The molecule has 0 aromatic rings. The van der Waals surface area contributed by atoms with Gasteiger partial charge >= 0.3 is 0 Å². The smallest absolute Gasteiger partial charge is 0.164 e. The summed E-state index contributed by atoms with van der Waals surface area (Å²) >= 11 is 0. The Kier molecular flexibility index (Phi) is 6.63. The Morgan fingerprint density at radius 1 is 1.31 bits per heavy atom. The van der Waals surface area contributed by atoms with Crippen molar-refractivity contribution in [1.82, 2.24) is 0 Å². The molecule has 0 aromatic carbocycles. The average Bonchev–Trinajstić information content (AvgIpc) is 2.26. The van der Waals surface area contributed by atoms with Gasteiger partial charge in [0.2, 0.25) is 0 Å². The number of rotatable bonds is 7. The molecule has 8 heteroatoms. The molecule has 0 spiro atoms. The Labute approximate surface area is 91.8 Å². The van der Waals surface area contributed by atoms with Crippen LogP contribution < -0.4 is 0 Å². The van der Waals surface area contributed by atoms with Crippen LogP contribution in [0.3, 0.4) is 0 Å². The van der Waals surface area contributed by atoms with E-state index in [4.69, 9.17) is 10.6 Å². The predicted octanol–water partition coefficient (Wildman–Crippen LogP) is -1.28. The minimum Gasteiger partial charge on any atom is -0.391 e. The number of carbonyl (C=O) groups is 1. The zero-order valence-corrected chi connectivity index (χ0v) is 8.76. The maximum atomic E-state index is 11.2. The molecule has 4 atom stereocenters. The molecule has 0 radical (unpaired) electrons. The van der Waals surface area contributed by atoms with Gasteiger partial charge in [0, 0.05) is 17.9 Å². The largest absolute Gasteiger partial charge is 0.391 e. The van der Waals surface area contributed by atoms with Crippen LogP contribution in [0, 0.1) is 0 Å². The van der Waals surface area contributed by atoms with Crippen molar-refractivity contribution in [1.29, 1.82) is 0 Å². The lowest BCUT2D eigenvalue weighted by Crippen LogP contribution is -2.46. The standard InChI is InChI=1S/C8H15N3O5/c1-4(12)6(14)8(16)7(15)5(13)2-3-10-11-9/h4,6-8,12,14-16H,2-3H2,1H3/t4-,6+,7+,8+/m0/s1. The Morgan fingerprint density at radius 2 is 1.88 bits per heavy atom. The topological polar surface area (TPSA) is 147 Å². The number of azide groups is 1. The van der Waals surface area contributed by atoms with Gasteiger partial charge in [-0.15, -0.1) is 0 Å². The first kappa shape index (κ1) is 14.8. The van der Waals surface area contributed by atoms with Gasteiger partial charge in [-0.2, -0.15) is 0 Å². The molecule has 0 aromatic heterocycles. The van der Waals surface area contributed by atoms with E-state index in [2.05, 4.69) is 10.0 Å². The quantitative estimate of drug-likeness (QED) is 0.245. The molecule has 0 saturated heterocycles. The molecule has 0 amide bonds. The number of Topliss-reactive ketones (excluding diaryl/α,β-unsaturated/α-hetero) is 1. The highest BCUT2D eigenvalue weighted by Gasteiger charge is 2.31. The summed E-state index contributed by atoms with van der Waals surface area (Å²) in [5, 5.41) is 39.8. The van der Waals surface area contributed by atoms with Gasteiger partial charge in [0.05, 0.1) is 6.10 Å². The van der Waals surface area contributed by atoms with Gasteiger partial charge in [0.15, 0.2) is 5.78 Å². The Balaban J connectivity index is 4.25. The summed E-state index contributed by atoms with van der Waals surface area (Å²) in [5.74, 6) is -0.764. The molecule has 0 heterocycles. The van der Waals surface area contributed by atoms with Crippen molar-refractivity contribution in [3.63, 3.8) is 0 Å². The lowest BCUT2D eigenvalue weighted by atomic mass is 9.99. The van der Waals surface area contributed by atoms with E-state index in [1.165, 1.54) is 6.92 Å². The van der Waals surface area contributed by atoms with Gasteiger partial charge in [-0.3, -0.25) is 4.79 Å². The number of hydrogen-bond acceptors (Lipinski definition) is 6. The fourth-order valence-electron chi connectivity index (χ4n) is 1.02.